The van der Waals surface area contributed by atoms with Crippen molar-refractivity contribution in [2.45, 2.75) is 25.1 Å². The molecule has 2 nitrogen and oxygen atoms in total. The van der Waals surface area contributed by atoms with E-state index >= 15 is 0 Å². The van der Waals surface area contributed by atoms with Crippen LogP contribution >= 0.6 is 46.4 Å². The fourth-order valence-corrected chi connectivity index (χ4v) is 3.39. The van der Waals surface area contributed by atoms with Gasteiger partial charge in [-0.15, -0.1) is 0 Å². The Bertz CT molecular complexity index is 890. The summed E-state index contributed by atoms with van der Waals surface area (Å²) in [6.45, 7) is 1.75. The second kappa shape index (κ2) is 6.79. The van der Waals surface area contributed by atoms with E-state index in [1.807, 2.05) is 0 Å². The Hall–Kier alpha value is -1.14. The molecular weight excluding hydrogens is 433 g/mol. The molecule has 0 amide bonds. The van der Waals surface area contributed by atoms with Gasteiger partial charge in [-0.25, -0.2) is 0 Å². The number of halogens is 7. The maximum atomic E-state index is 14.0. The van der Waals surface area contributed by atoms with Crippen LogP contribution in [0, 0.1) is 6.92 Å². The van der Waals surface area contributed by atoms with Crippen LogP contribution in [0.2, 0.25) is 20.1 Å². The van der Waals surface area contributed by atoms with Crippen molar-refractivity contribution < 1.29 is 18.0 Å². The highest BCUT2D eigenvalue weighted by Gasteiger charge is 2.62. The van der Waals surface area contributed by atoms with Crippen LogP contribution in [-0.2, 0) is 10.4 Å². The topological polar surface area (TPSA) is 21.6 Å². The lowest BCUT2D eigenvalue weighted by molar-refractivity contribution is -0.275. The number of benzene rings is 2. The number of hydrogen-bond acceptors (Lipinski definition) is 2. The lowest BCUT2D eigenvalue weighted by Crippen LogP contribution is -2.42. The molecule has 1 unspecified atom stereocenters. The van der Waals surface area contributed by atoms with Gasteiger partial charge in [-0.1, -0.05) is 57.6 Å². The highest BCUT2D eigenvalue weighted by molar-refractivity contribution is 6.48. The van der Waals surface area contributed by atoms with E-state index in [-0.39, 0.29) is 26.3 Å². The van der Waals surface area contributed by atoms with Gasteiger partial charge in [0.1, 0.15) is 0 Å². The molecule has 0 aromatic heterocycles. The molecule has 0 saturated carbocycles. The van der Waals surface area contributed by atoms with E-state index in [0.717, 1.165) is 12.1 Å². The summed E-state index contributed by atoms with van der Waals surface area (Å²) in [7, 11) is 0. The molecule has 0 aliphatic carbocycles. The van der Waals surface area contributed by atoms with Gasteiger partial charge in [0, 0.05) is 17.0 Å². The highest BCUT2D eigenvalue weighted by Crippen LogP contribution is 2.50. The van der Waals surface area contributed by atoms with Crippen LogP contribution in [0.5, 0.6) is 0 Å². The van der Waals surface area contributed by atoms with Crippen molar-refractivity contribution in [2.24, 2.45) is 5.16 Å². The Labute approximate surface area is 167 Å². The summed E-state index contributed by atoms with van der Waals surface area (Å²) >= 11 is 23.6. The SMILES string of the molecule is Cc1cc(C2=NOC(c3cc(Cl)c(Cl)c(Cl)c3)(C(F)(F)F)C2)ccc1Cl. The molecule has 1 heterocycles. The maximum absolute atomic E-state index is 14.0. The van der Waals surface area contributed by atoms with Gasteiger partial charge in [-0.2, -0.15) is 13.2 Å². The first-order chi connectivity index (χ1) is 12.0. The monoisotopic (exact) mass is 441 g/mol. The average molecular weight is 443 g/mol. The summed E-state index contributed by atoms with van der Waals surface area (Å²) < 4.78 is 41.9. The van der Waals surface area contributed by atoms with E-state index in [1.54, 1.807) is 25.1 Å². The van der Waals surface area contributed by atoms with Crippen molar-refractivity contribution in [1.29, 1.82) is 0 Å². The predicted octanol–water partition coefficient (Wildman–Crippen LogP) is 7.19. The first kappa shape index (κ1) is 19.6. The molecule has 2 aromatic carbocycles. The third-order valence-electron chi connectivity index (χ3n) is 4.13. The molecule has 138 valence electrons. The molecule has 0 N–H and O–H groups in total. The van der Waals surface area contributed by atoms with Crippen LogP contribution in [0.3, 0.4) is 0 Å². The summed E-state index contributed by atoms with van der Waals surface area (Å²) in [5.74, 6) is 0. The Balaban J connectivity index is 2.06. The van der Waals surface area contributed by atoms with Crippen molar-refractivity contribution in [3.05, 3.63) is 67.1 Å². The van der Waals surface area contributed by atoms with Gasteiger partial charge in [-0.05, 0) is 42.3 Å². The van der Waals surface area contributed by atoms with Gasteiger partial charge < -0.3 is 4.84 Å². The average Bonchev–Trinajstić information content (AvgIpc) is 3.01. The van der Waals surface area contributed by atoms with Crippen LogP contribution in [0.1, 0.15) is 23.1 Å². The molecule has 1 aliphatic heterocycles. The molecule has 0 bridgehead atoms. The van der Waals surface area contributed by atoms with E-state index in [2.05, 4.69) is 5.16 Å². The van der Waals surface area contributed by atoms with Crippen molar-refractivity contribution in [2.75, 3.05) is 0 Å². The zero-order valence-corrected chi connectivity index (χ0v) is 16.1. The summed E-state index contributed by atoms with van der Waals surface area (Å²) in [6.07, 6.45) is -5.30. The molecular formula is C17H10Cl4F3NO. The molecule has 0 spiro atoms. The normalized spacial score (nSPS) is 20.1. The molecule has 2 aromatic rings. The van der Waals surface area contributed by atoms with Gasteiger partial charge in [0.2, 0.25) is 0 Å². The molecule has 0 radical (unpaired) electrons. The first-order valence-corrected chi connectivity index (χ1v) is 8.79. The third-order valence-corrected chi connectivity index (χ3v) is 5.75. The minimum absolute atomic E-state index is 0.0260. The fraction of sp³-hybridized carbons (Fsp3) is 0.235. The summed E-state index contributed by atoms with van der Waals surface area (Å²) in [6, 6.07) is 7.02. The lowest BCUT2D eigenvalue weighted by Gasteiger charge is -2.30. The second-order valence-electron chi connectivity index (χ2n) is 5.85. The van der Waals surface area contributed by atoms with E-state index < -0.39 is 18.2 Å². The predicted molar refractivity (Wildman–Crippen MR) is 97.6 cm³/mol. The van der Waals surface area contributed by atoms with Gasteiger partial charge in [0.05, 0.1) is 20.8 Å². The minimum Gasteiger partial charge on any atom is -0.374 e. The van der Waals surface area contributed by atoms with Gasteiger partial charge in [0.25, 0.3) is 5.60 Å². The van der Waals surface area contributed by atoms with Gasteiger partial charge >= 0.3 is 6.18 Å². The molecule has 3 rings (SSSR count). The number of nitrogens with zero attached hydrogens (tertiary/aromatic N) is 1. The highest BCUT2D eigenvalue weighted by atomic mass is 35.5. The number of hydrogen-bond donors (Lipinski definition) is 0. The van der Waals surface area contributed by atoms with Crippen LogP contribution in [0.15, 0.2) is 35.5 Å². The fourth-order valence-electron chi connectivity index (χ4n) is 2.67. The number of alkyl halides is 3. The Morgan fingerprint density at radius 2 is 1.62 bits per heavy atom. The van der Waals surface area contributed by atoms with Crippen molar-refractivity contribution in [1.82, 2.24) is 0 Å². The molecule has 1 atom stereocenters. The van der Waals surface area contributed by atoms with Crippen LogP contribution in [0.25, 0.3) is 0 Å². The van der Waals surface area contributed by atoms with Crippen molar-refractivity contribution in [3.63, 3.8) is 0 Å². The molecule has 9 heteroatoms. The smallest absolute Gasteiger partial charge is 0.374 e. The summed E-state index contributed by atoms with van der Waals surface area (Å²) in [5.41, 5.74) is -1.62. The van der Waals surface area contributed by atoms with E-state index in [4.69, 9.17) is 51.2 Å². The maximum Gasteiger partial charge on any atom is 0.435 e. The number of oxime groups is 1. The lowest BCUT2D eigenvalue weighted by atomic mass is 9.86. The Morgan fingerprint density at radius 3 is 2.15 bits per heavy atom. The number of aryl methyl sites for hydroxylation is 1. The molecule has 0 saturated heterocycles. The zero-order chi connectivity index (χ0) is 19.3. The van der Waals surface area contributed by atoms with Crippen molar-refractivity contribution in [3.8, 4) is 0 Å². The quantitative estimate of drug-likeness (QED) is 0.451. The van der Waals surface area contributed by atoms with Crippen LogP contribution < -0.4 is 0 Å². The Morgan fingerprint density at radius 1 is 1.00 bits per heavy atom. The standard InChI is InChI=1S/C17H10Cl4F3NO/c1-8-4-9(2-3-11(8)18)14-7-16(26-25-14,17(22,23)24)10-5-12(19)15(21)13(20)6-10/h2-6H,7H2,1H3. The largest absolute Gasteiger partial charge is 0.435 e. The van der Waals surface area contributed by atoms with E-state index in [9.17, 15) is 13.2 Å². The van der Waals surface area contributed by atoms with E-state index in [0.29, 0.717) is 16.1 Å². The van der Waals surface area contributed by atoms with Crippen molar-refractivity contribution >= 4 is 52.1 Å². The second-order valence-corrected chi connectivity index (χ2v) is 7.45. The molecule has 0 fully saturated rings. The third kappa shape index (κ3) is 3.26. The van der Waals surface area contributed by atoms with E-state index in [1.165, 1.54) is 0 Å². The minimum atomic E-state index is -4.76. The summed E-state index contributed by atoms with van der Waals surface area (Å²) in [4.78, 5) is 4.95. The zero-order valence-electron chi connectivity index (χ0n) is 13.1. The first-order valence-electron chi connectivity index (χ1n) is 7.28. The molecule has 26 heavy (non-hydrogen) atoms. The number of rotatable bonds is 2. The van der Waals surface area contributed by atoms with Gasteiger partial charge in [0.15, 0.2) is 0 Å². The van der Waals surface area contributed by atoms with Crippen LogP contribution in [0.4, 0.5) is 13.2 Å². The summed E-state index contributed by atoms with van der Waals surface area (Å²) in [5, 5.41) is 3.97. The van der Waals surface area contributed by atoms with Crippen LogP contribution in [-0.4, -0.2) is 11.9 Å². The van der Waals surface area contributed by atoms with Gasteiger partial charge in [-0.3, -0.25) is 0 Å². The Kier molecular flexibility index (Phi) is 5.12. The molecule has 1 aliphatic rings.